The minimum atomic E-state index is -0.773. The van der Waals surface area contributed by atoms with Crippen LogP contribution in [0.3, 0.4) is 0 Å². The number of nitrogens with one attached hydrogen (secondary N) is 1. The summed E-state index contributed by atoms with van der Waals surface area (Å²) in [5.74, 6) is 0. The van der Waals surface area contributed by atoms with Crippen LogP contribution in [0.15, 0.2) is 35.4 Å². The molecule has 0 aromatic rings. The third-order valence-corrected chi connectivity index (χ3v) is 3.32. The highest BCUT2D eigenvalue weighted by Crippen LogP contribution is 2.28. The van der Waals surface area contributed by atoms with Crippen molar-refractivity contribution in [1.29, 1.82) is 0 Å². The maximum Gasteiger partial charge on any atom is 0.0903 e. The molecule has 3 heteroatoms. The second kappa shape index (κ2) is 6.24. The van der Waals surface area contributed by atoms with Crippen LogP contribution in [0.25, 0.3) is 0 Å². The number of halogens is 1. The van der Waals surface area contributed by atoms with Crippen LogP contribution in [0.4, 0.5) is 0 Å². The summed E-state index contributed by atoms with van der Waals surface area (Å²) in [5.41, 5.74) is -0.0264. The minimum absolute atomic E-state index is 0.663. The summed E-state index contributed by atoms with van der Waals surface area (Å²) in [7, 11) is 0. The van der Waals surface area contributed by atoms with Gasteiger partial charge in [-0.3, -0.25) is 0 Å². The van der Waals surface area contributed by atoms with Gasteiger partial charge in [0.05, 0.1) is 5.60 Å². The van der Waals surface area contributed by atoms with E-state index in [2.05, 4.69) is 11.9 Å². The third-order valence-electron chi connectivity index (χ3n) is 2.98. The molecule has 0 aromatic carbocycles. The van der Waals surface area contributed by atoms with Gasteiger partial charge in [0.1, 0.15) is 0 Å². The summed E-state index contributed by atoms with van der Waals surface area (Å²) < 4.78 is 0. The molecule has 2 nitrogen and oxygen atoms in total. The minimum Gasteiger partial charge on any atom is -0.385 e. The molecule has 0 saturated carbocycles. The highest BCUT2D eigenvalue weighted by atomic mass is 35.5. The Labute approximate surface area is 103 Å². The maximum absolute atomic E-state index is 10.5. The van der Waals surface area contributed by atoms with Crippen LogP contribution in [0.2, 0.25) is 0 Å². The summed E-state index contributed by atoms with van der Waals surface area (Å²) in [6, 6.07) is 0. The van der Waals surface area contributed by atoms with Crippen molar-refractivity contribution in [3.63, 3.8) is 0 Å². The topological polar surface area (TPSA) is 32.3 Å². The van der Waals surface area contributed by atoms with Crippen LogP contribution >= 0.6 is 11.6 Å². The molecule has 1 rings (SSSR count). The molecule has 0 aromatic heterocycles. The molecule has 90 valence electrons. The quantitative estimate of drug-likeness (QED) is 0.745. The lowest BCUT2D eigenvalue weighted by Gasteiger charge is -2.27. The summed E-state index contributed by atoms with van der Waals surface area (Å²) >= 11 is 5.87. The van der Waals surface area contributed by atoms with E-state index in [0.29, 0.717) is 11.5 Å². The largest absolute Gasteiger partial charge is 0.385 e. The second-order valence-corrected chi connectivity index (χ2v) is 4.60. The lowest BCUT2D eigenvalue weighted by atomic mass is 9.87. The van der Waals surface area contributed by atoms with Gasteiger partial charge in [-0.1, -0.05) is 30.3 Å². The fourth-order valence-electron chi connectivity index (χ4n) is 1.80. The summed E-state index contributed by atoms with van der Waals surface area (Å²) in [6.07, 6.45) is 7.85. The molecule has 16 heavy (non-hydrogen) atoms. The van der Waals surface area contributed by atoms with Crippen molar-refractivity contribution in [1.82, 2.24) is 5.32 Å². The molecule has 1 atom stereocenters. The highest BCUT2D eigenvalue weighted by molar-refractivity contribution is 6.31. The summed E-state index contributed by atoms with van der Waals surface area (Å²) in [4.78, 5) is 0. The van der Waals surface area contributed by atoms with Gasteiger partial charge in [-0.2, -0.15) is 0 Å². The average molecular weight is 242 g/mol. The predicted molar refractivity (Wildman–Crippen MR) is 69.6 cm³/mol. The third kappa shape index (κ3) is 3.78. The van der Waals surface area contributed by atoms with E-state index in [0.717, 1.165) is 31.5 Å². The molecule has 1 unspecified atom stereocenters. The van der Waals surface area contributed by atoms with Crippen molar-refractivity contribution in [3.8, 4) is 0 Å². The monoisotopic (exact) mass is 241 g/mol. The number of hydrogen-bond donors (Lipinski definition) is 2. The Kier molecular flexibility index (Phi) is 5.26. The van der Waals surface area contributed by atoms with Gasteiger partial charge in [-0.15, -0.1) is 0 Å². The molecule has 1 aliphatic rings. The van der Waals surface area contributed by atoms with Crippen LogP contribution in [0, 0.1) is 0 Å². The van der Waals surface area contributed by atoms with Gasteiger partial charge in [0.2, 0.25) is 0 Å². The summed E-state index contributed by atoms with van der Waals surface area (Å²) in [6.45, 7) is 7.62. The Morgan fingerprint density at radius 1 is 1.38 bits per heavy atom. The maximum atomic E-state index is 10.5. The Morgan fingerprint density at radius 2 is 2.12 bits per heavy atom. The zero-order valence-electron chi connectivity index (χ0n) is 9.80. The van der Waals surface area contributed by atoms with Crippen LogP contribution in [0.1, 0.15) is 26.2 Å². The fourth-order valence-corrected chi connectivity index (χ4v) is 1.87. The molecular formula is C13H20ClNO. The summed E-state index contributed by atoms with van der Waals surface area (Å²) in [5, 5.41) is 14.4. The van der Waals surface area contributed by atoms with Crippen molar-refractivity contribution < 1.29 is 5.11 Å². The Hall–Kier alpha value is -0.570. The molecule has 0 aliphatic carbocycles. The van der Waals surface area contributed by atoms with Crippen LogP contribution in [0.5, 0.6) is 0 Å². The van der Waals surface area contributed by atoms with Crippen molar-refractivity contribution in [2.24, 2.45) is 0 Å². The second-order valence-electron chi connectivity index (χ2n) is 4.17. The first-order valence-electron chi connectivity index (χ1n) is 5.71. The molecule has 1 fully saturated rings. The molecule has 1 aliphatic heterocycles. The van der Waals surface area contributed by atoms with Gasteiger partial charge >= 0.3 is 0 Å². The normalized spacial score (nSPS) is 28.1. The van der Waals surface area contributed by atoms with Crippen LogP contribution < -0.4 is 5.32 Å². The van der Waals surface area contributed by atoms with E-state index in [1.165, 1.54) is 0 Å². The van der Waals surface area contributed by atoms with Gasteiger partial charge < -0.3 is 10.4 Å². The van der Waals surface area contributed by atoms with Gasteiger partial charge in [0.15, 0.2) is 0 Å². The Balaban J connectivity index is 2.67. The first kappa shape index (κ1) is 13.5. The Morgan fingerprint density at radius 3 is 2.81 bits per heavy atom. The van der Waals surface area contributed by atoms with Crippen molar-refractivity contribution in [2.75, 3.05) is 13.1 Å². The molecule has 0 spiro atoms. The molecule has 0 bridgehead atoms. The molecular weight excluding hydrogens is 222 g/mol. The molecule has 0 radical (unpaired) electrons. The molecule has 1 saturated heterocycles. The van der Waals surface area contributed by atoms with Crippen LogP contribution in [-0.4, -0.2) is 23.8 Å². The standard InChI is InChI=1S/C13H20ClNO/c1-3-12(14)6-5-11(2)13(16)7-4-9-15-10-8-13/h3,5-6,15-16H,2,4,7-10H2,1H3/b6-5-,12-3+. The van der Waals surface area contributed by atoms with Crippen LogP contribution in [-0.2, 0) is 0 Å². The van der Waals surface area contributed by atoms with Gasteiger partial charge in [-0.05, 0) is 50.9 Å². The lowest BCUT2D eigenvalue weighted by Crippen LogP contribution is -2.31. The first-order chi connectivity index (χ1) is 7.58. The van der Waals surface area contributed by atoms with E-state index in [1.54, 1.807) is 6.08 Å². The van der Waals surface area contributed by atoms with Gasteiger partial charge in [0, 0.05) is 5.03 Å². The van der Waals surface area contributed by atoms with Gasteiger partial charge in [-0.25, -0.2) is 0 Å². The number of rotatable bonds is 3. The number of aliphatic hydroxyl groups is 1. The number of allylic oxidation sites excluding steroid dienone is 3. The molecule has 0 amide bonds. The average Bonchev–Trinajstić information content (AvgIpc) is 2.51. The van der Waals surface area contributed by atoms with E-state index >= 15 is 0 Å². The molecule has 2 N–H and O–H groups in total. The van der Waals surface area contributed by atoms with Crippen molar-refractivity contribution in [2.45, 2.75) is 31.8 Å². The highest BCUT2D eigenvalue weighted by Gasteiger charge is 2.29. The SMILES string of the molecule is C=C(/C=C\C(Cl)=C/C)C1(O)CCCNCC1. The fraction of sp³-hybridized carbons (Fsp3) is 0.538. The van der Waals surface area contributed by atoms with E-state index < -0.39 is 5.60 Å². The van der Waals surface area contributed by atoms with E-state index in [1.807, 2.05) is 19.1 Å². The first-order valence-corrected chi connectivity index (χ1v) is 6.09. The predicted octanol–water partition coefficient (Wildman–Crippen LogP) is 2.75. The van der Waals surface area contributed by atoms with E-state index in [4.69, 9.17) is 11.6 Å². The van der Waals surface area contributed by atoms with E-state index in [9.17, 15) is 5.11 Å². The zero-order chi connectivity index (χ0) is 12.0. The van der Waals surface area contributed by atoms with Crippen molar-refractivity contribution in [3.05, 3.63) is 35.4 Å². The van der Waals surface area contributed by atoms with Crippen molar-refractivity contribution >= 4 is 11.6 Å². The van der Waals surface area contributed by atoms with E-state index in [-0.39, 0.29) is 0 Å². The molecule has 1 heterocycles. The smallest absolute Gasteiger partial charge is 0.0903 e. The number of hydrogen-bond acceptors (Lipinski definition) is 2. The van der Waals surface area contributed by atoms with Gasteiger partial charge in [0.25, 0.3) is 0 Å². The lowest BCUT2D eigenvalue weighted by molar-refractivity contribution is 0.0697. The zero-order valence-corrected chi connectivity index (χ0v) is 10.6. The Bertz CT molecular complexity index is 299.